The molecule has 1 aliphatic carbocycles. The van der Waals surface area contributed by atoms with Gasteiger partial charge in [-0.05, 0) is 60.7 Å². The second-order valence-electron chi connectivity index (χ2n) is 11.2. The van der Waals surface area contributed by atoms with Crippen LogP contribution in [0.2, 0.25) is 10.0 Å². The molecule has 0 saturated heterocycles. The van der Waals surface area contributed by atoms with E-state index in [-0.39, 0.29) is 23.3 Å². The fourth-order valence-corrected chi connectivity index (χ4v) is 7.61. The summed E-state index contributed by atoms with van der Waals surface area (Å²) >= 11 is 13.0. The molecule has 2 amide bonds. The molecule has 0 aromatic heterocycles. The SMILES string of the molecule is CC(=O)c1cccc(CONC(=O)[C@@H]2c3ccccc3C(=O)N([C@@H]3CCCC[C@H]3NS(C)(=O)=O)[C@H]2c2ccc(Cl)cc2Cl)c1. The molecule has 1 aliphatic heterocycles. The van der Waals surface area contributed by atoms with E-state index < -0.39 is 40.0 Å². The minimum atomic E-state index is -3.60. The molecule has 3 aromatic rings. The molecule has 1 saturated carbocycles. The Balaban J connectivity index is 1.56. The Morgan fingerprint density at radius 2 is 1.73 bits per heavy atom. The fraction of sp³-hybridized carbons (Fsp3) is 0.344. The van der Waals surface area contributed by atoms with Crippen LogP contribution in [0.25, 0.3) is 0 Å². The van der Waals surface area contributed by atoms with Gasteiger partial charge in [-0.1, -0.05) is 78.5 Å². The number of fused-ring (bicyclic) bond motifs is 1. The van der Waals surface area contributed by atoms with Crippen molar-refractivity contribution in [3.8, 4) is 0 Å². The standard InChI is InChI=1S/C32H33Cl2N3O6S/c1-19(38)21-9-7-8-20(16-21)18-43-35-31(39)29-23-10-3-4-11-24(23)32(40)37(30(29)25-15-14-22(33)17-26(25)34)28-13-6-5-12-27(28)36-44(2,41)42/h3-4,7-11,14-17,27-30,36H,5-6,12-13,18H2,1-2H3,(H,35,39)/t27-,28-,29-,30+/m1/s1. The number of benzene rings is 3. The van der Waals surface area contributed by atoms with Crippen molar-refractivity contribution in [3.05, 3.63) is 105 Å². The van der Waals surface area contributed by atoms with Gasteiger partial charge in [0.1, 0.15) is 0 Å². The first-order valence-corrected chi connectivity index (χ1v) is 16.9. The maximum absolute atomic E-state index is 14.3. The van der Waals surface area contributed by atoms with Crippen molar-refractivity contribution in [2.24, 2.45) is 0 Å². The zero-order chi connectivity index (χ0) is 31.6. The zero-order valence-corrected chi connectivity index (χ0v) is 26.6. The summed E-state index contributed by atoms with van der Waals surface area (Å²) in [6.45, 7) is 1.47. The van der Waals surface area contributed by atoms with E-state index in [0.29, 0.717) is 45.7 Å². The highest BCUT2D eigenvalue weighted by molar-refractivity contribution is 7.88. The van der Waals surface area contributed by atoms with Gasteiger partial charge in [0.25, 0.3) is 11.8 Å². The molecule has 0 bridgehead atoms. The van der Waals surface area contributed by atoms with Gasteiger partial charge in [0, 0.05) is 33.3 Å². The highest BCUT2D eigenvalue weighted by atomic mass is 35.5. The molecular weight excluding hydrogens is 625 g/mol. The second-order valence-corrected chi connectivity index (χ2v) is 13.9. The lowest BCUT2D eigenvalue weighted by Gasteiger charge is -2.49. The summed E-state index contributed by atoms with van der Waals surface area (Å²) in [4.78, 5) is 47.5. The first kappa shape index (κ1) is 32.1. The van der Waals surface area contributed by atoms with E-state index in [2.05, 4.69) is 10.2 Å². The molecule has 232 valence electrons. The van der Waals surface area contributed by atoms with Crippen molar-refractivity contribution >= 4 is 50.8 Å². The smallest absolute Gasteiger partial charge is 0.255 e. The Hall–Kier alpha value is -3.28. The minimum absolute atomic E-state index is 0.000776. The van der Waals surface area contributed by atoms with Gasteiger partial charge in [0.05, 0.1) is 24.8 Å². The van der Waals surface area contributed by atoms with Crippen molar-refractivity contribution in [1.29, 1.82) is 0 Å². The van der Waals surface area contributed by atoms with Gasteiger partial charge >= 0.3 is 0 Å². The zero-order valence-electron chi connectivity index (χ0n) is 24.3. The summed E-state index contributed by atoms with van der Waals surface area (Å²) in [5, 5.41) is 0.655. The Kier molecular flexibility index (Phi) is 9.77. The lowest BCUT2D eigenvalue weighted by atomic mass is 9.76. The lowest BCUT2D eigenvalue weighted by molar-refractivity contribution is -0.138. The molecule has 0 radical (unpaired) electrons. The topological polar surface area (TPSA) is 122 Å². The Bertz CT molecular complexity index is 1700. The molecule has 0 spiro atoms. The number of nitrogens with zero attached hydrogens (tertiary/aromatic N) is 1. The quantitative estimate of drug-likeness (QED) is 0.229. The maximum Gasteiger partial charge on any atom is 0.255 e. The van der Waals surface area contributed by atoms with E-state index >= 15 is 0 Å². The summed E-state index contributed by atoms with van der Waals surface area (Å²) < 4.78 is 27.5. The number of hydrogen-bond acceptors (Lipinski definition) is 6. The molecular formula is C32H33Cl2N3O6S. The van der Waals surface area contributed by atoms with Crippen LogP contribution >= 0.6 is 23.2 Å². The second kappa shape index (κ2) is 13.4. The van der Waals surface area contributed by atoms with Crippen LogP contribution in [0.4, 0.5) is 0 Å². The Labute approximate surface area is 266 Å². The molecule has 44 heavy (non-hydrogen) atoms. The van der Waals surface area contributed by atoms with Crippen LogP contribution in [-0.2, 0) is 26.3 Å². The largest absolute Gasteiger partial charge is 0.326 e. The normalized spacial score (nSPS) is 21.9. The highest BCUT2D eigenvalue weighted by Gasteiger charge is 2.49. The molecule has 4 atom stereocenters. The Morgan fingerprint density at radius 1 is 0.977 bits per heavy atom. The number of halogens is 2. The number of carbonyl (C=O) groups excluding carboxylic acids is 3. The monoisotopic (exact) mass is 657 g/mol. The van der Waals surface area contributed by atoms with Crippen molar-refractivity contribution in [2.45, 2.75) is 63.3 Å². The highest BCUT2D eigenvalue weighted by Crippen LogP contribution is 2.47. The third-order valence-electron chi connectivity index (χ3n) is 8.14. The summed E-state index contributed by atoms with van der Waals surface area (Å²) in [7, 11) is -3.60. The van der Waals surface area contributed by atoms with Crippen molar-refractivity contribution < 1.29 is 27.6 Å². The number of carbonyl (C=O) groups is 3. The number of Topliss-reactive ketones (excluding diaryl/α,β-unsaturated/α-hetero) is 1. The third kappa shape index (κ3) is 7.00. The average molecular weight is 659 g/mol. The predicted octanol–water partition coefficient (Wildman–Crippen LogP) is 5.59. The van der Waals surface area contributed by atoms with E-state index in [1.54, 1.807) is 71.6 Å². The van der Waals surface area contributed by atoms with Gasteiger partial charge in [0.15, 0.2) is 5.78 Å². The van der Waals surface area contributed by atoms with Gasteiger partial charge in [-0.15, -0.1) is 0 Å². The molecule has 5 rings (SSSR count). The van der Waals surface area contributed by atoms with Gasteiger partial charge in [0.2, 0.25) is 10.0 Å². The molecule has 9 nitrogen and oxygen atoms in total. The van der Waals surface area contributed by atoms with E-state index in [9.17, 15) is 22.8 Å². The molecule has 2 aliphatic rings. The number of nitrogens with one attached hydrogen (secondary N) is 2. The van der Waals surface area contributed by atoms with Crippen LogP contribution in [0.15, 0.2) is 66.7 Å². The summed E-state index contributed by atoms with van der Waals surface area (Å²) in [5.41, 5.74) is 5.11. The van der Waals surface area contributed by atoms with E-state index in [4.69, 9.17) is 28.0 Å². The van der Waals surface area contributed by atoms with Crippen LogP contribution in [0.3, 0.4) is 0 Å². The van der Waals surface area contributed by atoms with Gasteiger partial charge < -0.3 is 4.90 Å². The first-order valence-electron chi connectivity index (χ1n) is 14.3. The third-order valence-corrected chi connectivity index (χ3v) is 9.43. The lowest BCUT2D eigenvalue weighted by Crippen LogP contribution is -2.59. The maximum atomic E-state index is 14.3. The fourth-order valence-electron chi connectivity index (χ4n) is 6.26. The van der Waals surface area contributed by atoms with Crippen molar-refractivity contribution in [2.75, 3.05) is 6.26 Å². The first-order chi connectivity index (χ1) is 20.9. The van der Waals surface area contributed by atoms with Crippen LogP contribution in [0.1, 0.15) is 82.0 Å². The van der Waals surface area contributed by atoms with Crippen LogP contribution < -0.4 is 10.2 Å². The number of rotatable bonds is 9. The van der Waals surface area contributed by atoms with Crippen LogP contribution in [0, 0.1) is 0 Å². The molecule has 0 unspecified atom stereocenters. The van der Waals surface area contributed by atoms with Crippen molar-refractivity contribution in [3.63, 3.8) is 0 Å². The van der Waals surface area contributed by atoms with E-state index in [0.717, 1.165) is 19.1 Å². The van der Waals surface area contributed by atoms with Crippen LogP contribution in [-0.4, -0.2) is 49.3 Å². The van der Waals surface area contributed by atoms with Gasteiger partial charge in [-0.2, -0.15) is 0 Å². The minimum Gasteiger partial charge on any atom is -0.326 e. The summed E-state index contributed by atoms with van der Waals surface area (Å²) in [6, 6.07) is 16.7. The predicted molar refractivity (Wildman–Crippen MR) is 168 cm³/mol. The van der Waals surface area contributed by atoms with Gasteiger partial charge in [-0.3, -0.25) is 19.2 Å². The van der Waals surface area contributed by atoms with Crippen molar-refractivity contribution in [1.82, 2.24) is 15.1 Å². The average Bonchev–Trinajstić information content (AvgIpc) is 2.97. The number of sulfonamides is 1. The number of amides is 2. The van der Waals surface area contributed by atoms with E-state index in [1.807, 2.05) is 0 Å². The summed E-state index contributed by atoms with van der Waals surface area (Å²) in [5.74, 6) is -1.90. The Morgan fingerprint density at radius 3 is 2.45 bits per heavy atom. The molecule has 2 N–H and O–H groups in total. The number of hydroxylamine groups is 1. The van der Waals surface area contributed by atoms with E-state index in [1.165, 1.54) is 6.92 Å². The molecule has 12 heteroatoms. The number of hydrogen-bond donors (Lipinski definition) is 2. The summed E-state index contributed by atoms with van der Waals surface area (Å²) in [6.07, 6.45) is 3.72. The molecule has 1 heterocycles. The molecule has 3 aromatic carbocycles. The molecule has 1 fully saturated rings. The van der Waals surface area contributed by atoms with Crippen LogP contribution in [0.5, 0.6) is 0 Å². The number of ketones is 1. The van der Waals surface area contributed by atoms with Gasteiger partial charge in [-0.25, -0.2) is 18.6 Å².